The van der Waals surface area contributed by atoms with Gasteiger partial charge in [-0.1, -0.05) is 18.2 Å². The number of amides is 1. The van der Waals surface area contributed by atoms with E-state index < -0.39 is 11.1 Å². The maximum absolute atomic E-state index is 12.4. The zero-order valence-corrected chi connectivity index (χ0v) is 13.3. The molecule has 7 heteroatoms. The van der Waals surface area contributed by atoms with Crippen LogP contribution in [0.1, 0.15) is 18.5 Å². The number of aromatic nitrogens is 2. The van der Waals surface area contributed by atoms with Crippen molar-refractivity contribution >= 4 is 5.91 Å². The van der Waals surface area contributed by atoms with Crippen molar-refractivity contribution in [2.24, 2.45) is 0 Å². The van der Waals surface area contributed by atoms with E-state index in [1.807, 2.05) is 31.2 Å². The molecule has 0 aliphatic carbocycles. The highest BCUT2D eigenvalue weighted by atomic mass is 16.5. The summed E-state index contributed by atoms with van der Waals surface area (Å²) in [5.74, 6) is 0.386. The van der Waals surface area contributed by atoms with Gasteiger partial charge in [-0.3, -0.25) is 19.5 Å². The van der Waals surface area contributed by atoms with Crippen molar-refractivity contribution < 1.29 is 9.53 Å². The number of carbonyl (C=O) groups is 1. The topological polar surface area (TPSA) is 84.4 Å². The van der Waals surface area contributed by atoms with Crippen LogP contribution in [0.5, 0.6) is 5.75 Å². The molecule has 0 fully saturated rings. The second-order valence-corrected chi connectivity index (χ2v) is 5.16. The smallest absolute Gasteiger partial charge is 0.265 e. The zero-order chi connectivity index (χ0) is 17.0. The number of likely N-dealkylation sites (N-methyl/N-ethyl adjacent to an activating group) is 1. The fourth-order valence-electron chi connectivity index (χ4n) is 2.26. The predicted octanol–water partition coefficient (Wildman–Crippen LogP) is 0.765. The first-order valence-electron chi connectivity index (χ1n) is 7.12. The number of hydrogen-bond acceptors (Lipinski definition) is 4. The van der Waals surface area contributed by atoms with Gasteiger partial charge in [0.2, 0.25) is 5.91 Å². The van der Waals surface area contributed by atoms with E-state index in [0.717, 1.165) is 22.4 Å². The molecule has 2 aromatic rings. The molecule has 1 aromatic carbocycles. The lowest BCUT2D eigenvalue weighted by molar-refractivity contribution is -0.132. The van der Waals surface area contributed by atoms with E-state index in [2.05, 4.69) is 5.10 Å². The third-order valence-electron chi connectivity index (χ3n) is 3.75. The largest absolute Gasteiger partial charge is 0.496 e. The Morgan fingerprint density at radius 1 is 1.26 bits per heavy atom. The van der Waals surface area contributed by atoms with Crippen LogP contribution < -0.4 is 15.9 Å². The molecule has 1 aromatic heterocycles. The first-order chi connectivity index (χ1) is 10.9. The lowest BCUT2D eigenvalue weighted by Crippen LogP contribution is -2.38. The van der Waals surface area contributed by atoms with E-state index in [4.69, 9.17) is 4.74 Å². The SMILES string of the molecule is COc1ccccc1C(C)N(C)C(=O)Cn1[nH]c(=O)ccc1=O. The van der Waals surface area contributed by atoms with Crippen molar-refractivity contribution in [3.8, 4) is 5.75 Å². The number of carbonyl (C=O) groups excluding carboxylic acids is 1. The molecule has 1 N–H and O–H groups in total. The van der Waals surface area contributed by atoms with E-state index in [-0.39, 0.29) is 18.5 Å². The second kappa shape index (κ2) is 6.95. The number of hydrogen-bond donors (Lipinski definition) is 1. The third kappa shape index (κ3) is 3.68. The van der Waals surface area contributed by atoms with Crippen LogP contribution in [0, 0.1) is 0 Å². The minimum atomic E-state index is -0.434. The minimum Gasteiger partial charge on any atom is -0.496 e. The Kier molecular flexibility index (Phi) is 5.00. The van der Waals surface area contributed by atoms with Crippen LogP contribution in [-0.4, -0.2) is 34.7 Å². The molecule has 1 unspecified atom stereocenters. The number of aromatic amines is 1. The van der Waals surface area contributed by atoms with Gasteiger partial charge in [-0.15, -0.1) is 0 Å². The standard InChI is InChI=1S/C16H19N3O4/c1-11(12-6-4-5-7-13(12)23-3)18(2)16(22)10-19-15(21)9-8-14(20)17-19/h4-9,11H,10H2,1-3H3,(H,17,20). The predicted molar refractivity (Wildman–Crippen MR) is 85.5 cm³/mol. The van der Waals surface area contributed by atoms with Crippen molar-refractivity contribution in [2.45, 2.75) is 19.5 Å². The van der Waals surface area contributed by atoms with Gasteiger partial charge in [0, 0.05) is 24.7 Å². The molecule has 2 rings (SSSR count). The summed E-state index contributed by atoms with van der Waals surface area (Å²) in [5.41, 5.74) is -0.00567. The summed E-state index contributed by atoms with van der Waals surface area (Å²) in [6, 6.07) is 9.44. The number of methoxy groups -OCH3 is 1. The fourth-order valence-corrected chi connectivity index (χ4v) is 2.26. The number of nitrogens with one attached hydrogen (secondary N) is 1. The normalized spacial score (nSPS) is 11.8. The molecule has 0 aliphatic heterocycles. The summed E-state index contributed by atoms with van der Waals surface area (Å²) in [7, 11) is 3.22. The van der Waals surface area contributed by atoms with E-state index in [9.17, 15) is 14.4 Å². The molecule has 0 aliphatic rings. The van der Waals surface area contributed by atoms with Crippen LogP contribution in [0.15, 0.2) is 46.0 Å². The monoisotopic (exact) mass is 317 g/mol. The van der Waals surface area contributed by atoms with E-state index in [1.54, 1.807) is 14.2 Å². The zero-order valence-electron chi connectivity index (χ0n) is 13.3. The average molecular weight is 317 g/mol. The van der Waals surface area contributed by atoms with Gasteiger partial charge in [-0.25, -0.2) is 4.68 Å². The van der Waals surface area contributed by atoms with Crippen molar-refractivity contribution in [3.63, 3.8) is 0 Å². The number of rotatable bonds is 5. The van der Waals surface area contributed by atoms with E-state index in [0.29, 0.717) is 5.75 Å². The highest BCUT2D eigenvalue weighted by Gasteiger charge is 2.20. The summed E-state index contributed by atoms with van der Waals surface area (Å²) in [6.45, 7) is 1.64. The Bertz CT molecular complexity index is 809. The Morgan fingerprint density at radius 3 is 2.65 bits per heavy atom. The van der Waals surface area contributed by atoms with Crippen molar-refractivity contribution in [3.05, 3.63) is 62.7 Å². The summed E-state index contributed by atoms with van der Waals surface area (Å²) in [4.78, 5) is 36.9. The Balaban J connectivity index is 2.20. The van der Waals surface area contributed by atoms with Gasteiger partial charge < -0.3 is 9.64 Å². The molecule has 122 valence electrons. The van der Waals surface area contributed by atoms with E-state index in [1.165, 1.54) is 4.90 Å². The molecule has 0 saturated carbocycles. The van der Waals surface area contributed by atoms with Gasteiger partial charge in [0.25, 0.3) is 11.1 Å². The molecule has 0 saturated heterocycles. The highest BCUT2D eigenvalue weighted by Crippen LogP contribution is 2.28. The third-order valence-corrected chi connectivity index (χ3v) is 3.75. The number of para-hydroxylation sites is 1. The minimum absolute atomic E-state index is 0.231. The highest BCUT2D eigenvalue weighted by molar-refractivity contribution is 5.76. The molecule has 1 atom stereocenters. The van der Waals surface area contributed by atoms with Gasteiger partial charge in [0.05, 0.1) is 13.2 Å². The van der Waals surface area contributed by atoms with Gasteiger partial charge >= 0.3 is 0 Å². The summed E-state index contributed by atoms with van der Waals surface area (Å²) in [5, 5.41) is 2.34. The van der Waals surface area contributed by atoms with Crippen molar-refractivity contribution in [2.75, 3.05) is 14.2 Å². The van der Waals surface area contributed by atoms with Crippen LogP contribution in [-0.2, 0) is 11.3 Å². The maximum Gasteiger partial charge on any atom is 0.265 e. The second-order valence-electron chi connectivity index (χ2n) is 5.16. The summed E-state index contributed by atoms with van der Waals surface area (Å²) >= 11 is 0. The van der Waals surface area contributed by atoms with Crippen LogP contribution >= 0.6 is 0 Å². The molecule has 0 radical (unpaired) electrons. The van der Waals surface area contributed by atoms with Crippen LogP contribution in [0.2, 0.25) is 0 Å². The summed E-state index contributed by atoms with van der Waals surface area (Å²) < 4.78 is 6.30. The van der Waals surface area contributed by atoms with Gasteiger partial charge in [0.1, 0.15) is 12.3 Å². The van der Waals surface area contributed by atoms with Crippen LogP contribution in [0.3, 0.4) is 0 Å². The molecular weight excluding hydrogens is 298 g/mol. The van der Waals surface area contributed by atoms with Crippen LogP contribution in [0.25, 0.3) is 0 Å². The quantitative estimate of drug-likeness (QED) is 0.882. The van der Waals surface area contributed by atoms with Crippen molar-refractivity contribution in [1.82, 2.24) is 14.7 Å². The lowest BCUT2D eigenvalue weighted by atomic mass is 10.1. The maximum atomic E-state index is 12.4. The number of benzene rings is 1. The van der Waals surface area contributed by atoms with Crippen molar-refractivity contribution in [1.29, 1.82) is 0 Å². The number of nitrogens with zero attached hydrogens (tertiary/aromatic N) is 2. The number of H-pyrrole nitrogens is 1. The Labute approximate surface area is 133 Å². The molecule has 0 bridgehead atoms. The van der Waals surface area contributed by atoms with E-state index >= 15 is 0 Å². The lowest BCUT2D eigenvalue weighted by Gasteiger charge is -2.26. The van der Waals surface area contributed by atoms with Gasteiger partial charge in [-0.05, 0) is 13.0 Å². The molecule has 1 amide bonds. The van der Waals surface area contributed by atoms with Gasteiger partial charge in [0.15, 0.2) is 0 Å². The van der Waals surface area contributed by atoms with Gasteiger partial charge in [-0.2, -0.15) is 0 Å². The first kappa shape index (κ1) is 16.5. The summed E-state index contributed by atoms with van der Waals surface area (Å²) in [6.07, 6.45) is 0. The molecule has 1 heterocycles. The Hall–Kier alpha value is -2.83. The van der Waals surface area contributed by atoms with Crippen LogP contribution in [0.4, 0.5) is 0 Å². The Morgan fingerprint density at radius 2 is 1.96 bits per heavy atom. The molecular formula is C16H19N3O4. The number of ether oxygens (including phenoxy) is 1. The first-order valence-corrected chi connectivity index (χ1v) is 7.12. The fraction of sp³-hybridized carbons (Fsp3) is 0.312. The molecule has 7 nitrogen and oxygen atoms in total. The molecule has 0 spiro atoms. The average Bonchev–Trinajstić information content (AvgIpc) is 2.56. The molecule has 23 heavy (non-hydrogen) atoms.